The number of rotatable bonds is 1. The van der Waals surface area contributed by atoms with Crippen molar-refractivity contribution >= 4 is 40.1 Å². The number of nitrogens with zero attached hydrogens (tertiary/aromatic N) is 1. The Morgan fingerprint density at radius 3 is 2.61 bits per heavy atom. The smallest absolute Gasteiger partial charge is 0.253 e. The molecule has 0 radical (unpaired) electrons. The summed E-state index contributed by atoms with van der Waals surface area (Å²) in [5, 5.41) is 10.5. The van der Waals surface area contributed by atoms with Crippen molar-refractivity contribution in [2.24, 2.45) is 0 Å². The van der Waals surface area contributed by atoms with E-state index in [2.05, 4.69) is 22.6 Å². The van der Waals surface area contributed by atoms with Crippen LogP contribution in [-0.4, -0.2) is 34.6 Å². The first-order chi connectivity index (χ1) is 8.39. The van der Waals surface area contributed by atoms with Crippen molar-refractivity contribution in [3.63, 3.8) is 0 Å². The standard InChI is InChI=1S/C13H15ClINO2/c1-13(18)4-6-16(7-5-13)12(17)9-2-3-11(15)10(14)8-9/h2-3,8,18H,4-7H2,1H3. The summed E-state index contributed by atoms with van der Waals surface area (Å²) in [6, 6.07) is 5.34. The Labute approximate surface area is 125 Å². The zero-order chi connectivity index (χ0) is 13.3. The van der Waals surface area contributed by atoms with E-state index in [1.807, 2.05) is 13.0 Å². The van der Waals surface area contributed by atoms with Crippen molar-refractivity contribution in [3.8, 4) is 0 Å². The van der Waals surface area contributed by atoms with Crippen molar-refractivity contribution < 1.29 is 9.90 Å². The lowest BCUT2D eigenvalue weighted by Gasteiger charge is -2.35. The second-order valence-corrected chi connectivity index (χ2v) is 6.49. The molecule has 1 aromatic carbocycles. The fourth-order valence-electron chi connectivity index (χ4n) is 2.00. The average molecular weight is 380 g/mol. The Morgan fingerprint density at radius 2 is 2.06 bits per heavy atom. The molecule has 1 fully saturated rings. The van der Waals surface area contributed by atoms with Crippen molar-refractivity contribution in [1.82, 2.24) is 4.90 Å². The maximum Gasteiger partial charge on any atom is 0.253 e. The molecule has 1 saturated heterocycles. The van der Waals surface area contributed by atoms with Crippen LogP contribution in [0.3, 0.4) is 0 Å². The van der Waals surface area contributed by atoms with E-state index < -0.39 is 5.60 Å². The number of amides is 1. The molecule has 1 heterocycles. The number of carbonyl (C=O) groups is 1. The summed E-state index contributed by atoms with van der Waals surface area (Å²) >= 11 is 8.16. The molecule has 0 aliphatic carbocycles. The summed E-state index contributed by atoms with van der Waals surface area (Å²) in [4.78, 5) is 14.0. The van der Waals surface area contributed by atoms with Crippen LogP contribution in [0, 0.1) is 3.57 Å². The van der Waals surface area contributed by atoms with Gasteiger partial charge in [0.15, 0.2) is 0 Å². The summed E-state index contributed by atoms with van der Waals surface area (Å²) in [5.41, 5.74) is -0.0255. The molecule has 0 saturated carbocycles. The highest BCUT2D eigenvalue weighted by Gasteiger charge is 2.29. The predicted octanol–water partition coefficient (Wildman–Crippen LogP) is 2.93. The molecule has 18 heavy (non-hydrogen) atoms. The molecular formula is C13H15ClINO2. The molecular weight excluding hydrogens is 365 g/mol. The maximum atomic E-state index is 12.3. The van der Waals surface area contributed by atoms with Crippen LogP contribution in [0.4, 0.5) is 0 Å². The molecule has 0 atom stereocenters. The number of hydrogen-bond acceptors (Lipinski definition) is 2. The fraction of sp³-hybridized carbons (Fsp3) is 0.462. The van der Waals surface area contributed by atoms with Crippen molar-refractivity contribution in [3.05, 3.63) is 32.4 Å². The topological polar surface area (TPSA) is 40.5 Å². The summed E-state index contributed by atoms with van der Waals surface area (Å²) in [5.74, 6) is -0.0104. The lowest BCUT2D eigenvalue weighted by atomic mass is 9.93. The van der Waals surface area contributed by atoms with Crippen LogP contribution in [0.5, 0.6) is 0 Å². The molecule has 0 aromatic heterocycles. The number of likely N-dealkylation sites (tertiary alicyclic amines) is 1. The first-order valence-electron chi connectivity index (χ1n) is 5.86. The van der Waals surface area contributed by atoms with Gasteiger partial charge in [0, 0.05) is 22.2 Å². The summed E-state index contributed by atoms with van der Waals surface area (Å²) in [6.45, 7) is 3.00. The minimum atomic E-state index is -0.638. The number of piperidine rings is 1. The van der Waals surface area contributed by atoms with Gasteiger partial charge in [0.25, 0.3) is 5.91 Å². The van der Waals surface area contributed by atoms with Gasteiger partial charge >= 0.3 is 0 Å². The molecule has 1 N–H and O–H groups in total. The lowest BCUT2D eigenvalue weighted by Crippen LogP contribution is -2.45. The highest BCUT2D eigenvalue weighted by atomic mass is 127. The molecule has 98 valence electrons. The predicted molar refractivity (Wildman–Crippen MR) is 79.9 cm³/mol. The average Bonchev–Trinajstić information content (AvgIpc) is 2.32. The minimum Gasteiger partial charge on any atom is -0.390 e. The third kappa shape index (κ3) is 3.16. The van der Waals surface area contributed by atoms with Crippen LogP contribution in [-0.2, 0) is 0 Å². The molecule has 0 unspecified atom stereocenters. The Balaban J connectivity index is 2.10. The van der Waals surface area contributed by atoms with E-state index in [1.54, 1.807) is 17.0 Å². The Bertz CT molecular complexity index is 466. The van der Waals surface area contributed by atoms with Gasteiger partial charge in [-0.25, -0.2) is 0 Å². The largest absolute Gasteiger partial charge is 0.390 e. The first-order valence-corrected chi connectivity index (χ1v) is 7.31. The van der Waals surface area contributed by atoms with Crippen LogP contribution in [0.15, 0.2) is 18.2 Å². The van der Waals surface area contributed by atoms with Gasteiger partial charge < -0.3 is 10.0 Å². The summed E-state index contributed by atoms with van der Waals surface area (Å²) in [6.07, 6.45) is 1.24. The fourth-order valence-corrected chi connectivity index (χ4v) is 2.52. The van der Waals surface area contributed by atoms with E-state index >= 15 is 0 Å². The third-order valence-corrected chi connectivity index (χ3v) is 4.87. The number of benzene rings is 1. The molecule has 1 aromatic rings. The monoisotopic (exact) mass is 379 g/mol. The molecule has 5 heteroatoms. The van der Waals surface area contributed by atoms with Gasteiger partial charge in [-0.1, -0.05) is 11.6 Å². The van der Waals surface area contributed by atoms with Crippen LogP contribution in [0.1, 0.15) is 30.1 Å². The zero-order valence-electron chi connectivity index (χ0n) is 10.1. The quantitative estimate of drug-likeness (QED) is 0.762. The molecule has 0 bridgehead atoms. The van der Waals surface area contributed by atoms with Gasteiger partial charge in [0.05, 0.1) is 10.6 Å². The Kier molecular flexibility index (Phi) is 4.18. The van der Waals surface area contributed by atoms with Gasteiger partial charge in [-0.3, -0.25) is 4.79 Å². The first kappa shape index (κ1) is 14.1. The van der Waals surface area contributed by atoms with E-state index in [9.17, 15) is 9.90 Å². The molecule has 1 amide bonds. The number of aliphatic hydroxyl groups is 1. The summed E-state index contributed by atoms with van der Waals surface area (Å²) in [7, 11) is 0. The number of hydrogen-bond donors (Lipinski definition) is 1. The second kappa shape index (κ2) is 5.35. The zero-order valence-corrected chi connectivity index (χ0v) is 13.0. The van der Waals surface area contributed by atoms with Gasteiger partial charge in [-0.2, -0.15) is 0 Å². The van der Waals surface area contributed by atoms with Gasteiger partial charge in [-0.15, -0.1) is 0 Å². The third-order valence-electron chi connectivity index (χ3n) is 3.29. The highest BCUT2D eigenvalue weighted by molar-refractivity contribution is 14.1. The van der Waals surface area contributed by atoms with Crippen LogP contribution in [0.25, 0.3) is 0 Å². The lowest BCUT2D eigenvalue weighted by molar-refractivity contribution is -0.00202. The van der Waals surface area contributed by atoms with Crippen molar-refractivity contribution in [2.45, 2.75) is 25.4 Å². The Morgan fingerprint density at radius 1 is 1.44 bits per heavy atom. The molecule has 2 rings (SSSR count). The molecule has 3 nitrogen and oxygen atoms in total. The van der Waals surface area contributed by atoms with E-state index in [0.717, 1.165) is 3.57 Å². The van der Waals surface area contributed by atoms with E-state index in [1.165, 1.54) is 0 Å². The van der Waals surface area contributed by atoms with Crippen LogP contribution < -0.4 is 0 Å². The van der Waals surface area contributed by atoms with Crippen LogP contribution >= 0.6 is 34.2 Å². The Hall–Kier alpha value is -0.330. The van der Waals surface area contributed by atoms with E-state index in [4.69, 9.17) is 11.6 Å². The van der Waals surface area contributed by atoms with E-state index in [0.29, 0.717) is 36.5 Å². The highest BCUT2D eigenvalue weighted by Crippen LogP contribution is 2.24. The molecule has 1 aliphatic heterocycles. The van der Waals surface area contributed by atoms with Gasteiger partial charge in [0.1, 0.15) is 0 Å². The molecule has 1 aliphatic rings. The second-order valence-electron chi connectivity index (χ2n) is 4.92. The molecule has 0 spiro atoms. The maximum absolute atomic E-state index is 12.3. The minimum absolute atomic E-state index is 0.0104. The van der Waals surface area contributed by atoms with Gasteiger partial charge in [-0.05, 0) is 60.6 Å². The van der Waals surface area contributed by atoms with Crippen molar-refractivity contribution in [1.29, 1.82) is 0 Å². The van der Waals surface area contributed by atoms with Crippen molar-refractivity contribution in [2.75, 3.05) is 13.1 Å². The van der Waals surface area contributed by atoms with Crippen LogP contribution in [0.2, 0.25) is 5.02 Å². The number of carbonyl (C=O) groups excluding carboxylic acids is 1. The number of halogens is 2. The van der Waals surface area contributed by atoms with Gasteiger partial charge in [0.2, 0.25) is 0 Å². The van der Waals surface area contributed by atoms with E-state index in [-0.39, 0.29) is 5.91 Å². The summed E-state index contributed by atoms with van der Waals surface area (Å²) < 4.78 is 0.937. The normalized spacial score (nSPS) is 18.8. The SMILES string of the molecule is CC1(O)CCN(C(=O)c2ccc(I)c(Cl)c2)CC1.